The molecule has 0 unspecified atom stereocenters. The van der Waals surface area contributed by atoms with Gasteiger partial charge in [0.2, 0.25) is 5.96 Å². The highest BCUT2D eigenvalue weighted by Gasteiger charge is 2.34. The second-order valence-corrected chi connectivity index (χ2v) is 16.8. The number of guanidine groups is 1. The van der Waals surface area contributed by atoms with Crippen molar-refractivity contribution in [3.8, 4) is 16.9 Å². The zero-order valence-electron chi connectivity index (χ0n) is 31.9. The lowest BCUT2D eigenvalue weighted by atomic mass is 9.91. The minimum atomic E-state index is -4.57. The molecule has 4 heterocycles. The maximum absolute atomic E-state index is 12.9. The van der Waals surface area contributed by atoms with E-state index in [1.807, 2.05) is 42.5 Å². The number of halogens is 6. The van der Waals surface area contributed by atoms with Gasteiger partial charge >= 0.3 is 16.4 Å². The Balaban J connectivity index is 0.000000182. The number of fused-ring (bicyclic) bond motifs is 1. The normalized spacial score (nSPS) is 16.4. The van der Waals surface area contributed by atoms with E-state index in [0.717, 1.165) is 42.4 Å². The van der Waals surface area contributed by atoms with Gasteiger partial charge in [-0.05, 0) is 60.4 Å². The number of piperidine rings is 1. The highest BCUT2D eigenvalue weighted by Crippen LogP contribution is 2.33. The summed E-state index contributed by atoms with van der Waals surface area (Å²) in [5.74, 6) is 0.189. The molecule has 6 aromatic rings. The van der Waals surface area contributed by atoms with E-state index >= 15 is 0 Å². The van der Waals surface area contributed by atoms with Crippen LogP contribution in [0.5, 0.6) is 0 Å². The zero-order chi connectivity index (χ0) is 42.6. The molecule has 0 spiro atoms. The molecular weight excluding hydrogens is 862 g/mol. The van der Waals surface area contributed by atoms with Crippen LogP contribution in [0.1, 0.15) is 36.3 Å². The van der Waals surface area contributed by atoms with Crippen LogP contribution in [0.4, 0.5) is 13.2 Å². The molecule has 312 valence electrons. The van der Waals surface area contributed by atoms with Crippen molar-refractivity contribution in [3.63, 3.8) is 0 Å². The second kappa shape index (κ2) is 18.2. The third-order valence-corrected chi connectivity index (χ3v) is 12.1. The smallest absolute Gasteiger partial charge is 0.288 e. The van der Waals surface area contributed by atoms with Crippen molar-refractivity contribution in [1.29, 1.82) is 0 Å². The first-order valence-electron chi connectivity index (χ1n) is 18.7. The fourth-order valence-electron chi connectivity index (χ4n) is 6.92. The fourth-order valence-corrected chi connectivity index (χ4v) is 8.69. The maximum Gasteiger partial charge on any atom is 0.406 e. The van der Waals surface area contributed by atoms with Gasteiger partial charge in [0.1, 0.15) is 17.8 Å². The highest BCUT2D eigenvalue weighted by atomic mass is 35.5. The van der Waals surface area contributed by atoms with E-state index in [1.165, 1.54) is 8.99 Å². The average Bonchev–Trinajstić information content (AvgIpc) is 3.86. The molecule has 0 saturated carbocycles. The van der Waals surface area contributed by atoms with Crippen LogP contribution in [0.2, 0.25) is 15.1 Å². The summed E-state index contributed by atoms with van der Waals surface area (Å²) in [6, 6.07) is 31.1. The van der Waals surface area contributed by atoms with Gasteiger partial charge in [0.15, 0.2) is 5.52 Å². The largest absolute Gasteiger partial charge is 0.406 e. The molecule has 60 heavy (non-hydrogen) atoms. The van der Waals surface area contributed by atoms with Crippen molar-refractivity contribution >= 4 is 67.7 Å². The monoisotopic (exact) mass is 897 g/mol. The molecule has 2 aromatic heterocycles. The van der Waals surface area contributed by atoms with Crippen LogP contribution in [0, 0.1) is 0 Å². The van der Waals surface area contributed by atoms with Gasteiger partial charge in [0, 0.05) is 41.7 Å². The van der Waals surface area contributed by atoms with Gasteiger partial charge in [0.05, 0.1) is 29.3 Å². The van der Waals surface area contributed by atoms with Crippen LogP contribution in [-0.2, 0) is 16.8 Å². The first-order valence-corrected chi connectivity index (χ1v) is 21.3. The number of aliphatic imine (C=N–C) groups is 1. The number of nitrogens with zero attached hydrogens (tertiary/aromatic N) is 8. The third-order valence-electron chi connectivity index (χ3n) is 9.79. The van der Waals surface area contributed by atoms with E-state index in [2.05, 4.69) is 31.9 Å². The Morgan fingerprint density at radius 1 is 0.833 bits per heavy atom. The van der Waals surface area contributed by atoms with Crippen molar-refractivity contribution in [2.45, 2.75) is 37.9 Å². The molecule has 2 aliphatic heterocycles. The zero-order valence-corrected chi connectivity index (χ0v) is 35.0. The molecule has 0 aliphatic carbocycles. The quantitative estimate of drug-likeness (QED) is 0.126. The van der Waals surface area contributed by atoms with Gasteiger partial charge in [0.25, 0.3) is 5.56 Å². The first kappa shape index (κ1) is 42.8. The second-order valence-electron chi connectivity index (χ2n) is 13.9. The fraction of sp³-hybridized carbons (Fsp3) is 0.244. The Morgan fingerprint density at radius 3 is 2.07 bits per heavy atom. The van der Waals surface area contributed by atoms with Gasteiger partial charge in [-0.2, -0.15) is 36.1 Å². The summed E-state index contributed by atoms with van der Waals surface area (Å²) >= 11 is 18.3. The number of nitrogens with one attached hydrogen (secondary N) is 1. The predicted molar refractivity (Wildman–Crippen MR) is 229 cm³/mol. The summed E-state index contributed by atoms with van der Waals surface area (Å²) in [5.41, 5.74) is 3.46. The van der Waals surface area contributed by atoms with Crippen LogP contribution in [0.25, 0.3) is 28.0 Å². The predicted octanol–water partition coefficient (Wildman–Crippen LogP) is 8.57. The summed E-state index contributed by atoms with van der Waals surface area (Å²) in [6.45, 7) is 0.0810. The number of hydrazone groups is 1. The molecule has 2 aliphatic rings. The van der Waals surface area contributed by atoms with Gasteiger partial charge in [-0.3, -0.25) is 14.4 Å². The van der Waals surface area contributed by atoms with Crippen LogP contribution >= 0.6 is 34.8 Å². The minimum Gasteiger partial charge on any atom is -0.288 e. The van der Waals surface area contributed by atoms with Gasteiger partial charge < -0.3 is 0 Å². The number of rotatable bonds is 7. The molecule has 4 aromatic carbocycles. The summed E-state index contributed by atoms with van der Waals surface area (Å²) in [5, 5.41) is 12.2. The average molecular weight is 899 g/mol. The van der Waals surface area contributed by atoms with E-state index in [9.17, 15) is 26.4 Å². The summed E-state index contributed by atoms with van der Waals surface area (Å²) < 4.78 is 70.2. The minimum absolute atomic E-state index is 0.0291. The van der Waals surface area contributed by atoms with Crippen LogP contribution in [0.15, 0.2) is 124 Å². The SMILES string of the molecule is CN=C(NS(=O)(=O)N1CCCCC1)N1C[C@H](c2ccccc2)C(c2ccc(Cl)cc2)=N1.O=c1c2nn(-c3ccccc3Cl)c(-c3ccc(Cl)cc3)c2ncn1CC(F)(F)F. The van der Waals surface area contributed by atoms with Gasteiger partial charge in [-0.25, -0.2) is 19.4 Å². The lowest BCUT2D eigenvalue weighted by Gasteiger charge is -2.27. The number of para-hydroxylation sites is 1. The lowest BCUT2D eigenvalue weighted by Crippen LogP contribution is -2.49. The number of hydrogen-bond acceptors (Lipinski definition) is 7. The maximum atomic E-state index is 12.9. The Kier molecular flexibility index (Phi) is 13.0. The number of alkyl halides is 3. The molecule has 0 amide bonds. The topological polar surface area (TPSA) is 130 Å². The van der Waals surface area contributed by atoms with Crippen molar-refractivity contribution in [2.24, 2.45) is 10.1 Å². The molecule has 1 atom stereocenters. The van der Waals surface area contributed by atoms with Crippen LogP contribution in [-0.4, -0.2) is 81.6 Å². The third kappa shape index (κ3) is 9.68. The molecule has 1 N–H and O–H groups in total. The molecule has 1 saturated heterocycles. The van der Waals surface area contributed by atoms with Gasteiger partial charge in [-0.1, -0.05) is 108 Å². The van der Waals surface area contributed by atoms with E-state index in [-0.39, 0.29) is 22.9 Å². The Hall–Kier alpha value is -5.26. The van der Waals surface area contributed by atoms with Crippen molar-refractivity contribution < 1.29 is 21.6 Å². The van der Waals surface area contributed by atoms with Crippen LogP contribution < -0.4 is 10.3 Å². The first-order chi connectivity index (χ1) is 28.7. The number of aromatic nitrogens is 4. The Morgan fingerprint density at radius 2 is 1.45 bits per heavy atom. The Bertz CT molecular complexity index is 2710. The Labute approximate surface area is 358 Å². The molecule has 1 fully saturated rings. The summed E-state index contributed by atoms with van der Waals surface area (Å²) in [6.07, 6.45) is -0.892. The molecule has 19 heteroatoms. The summed E-state index contributed by atoms with van der Waals surface area (Å²) in [7, 11) is -2.11. The van der Waals surface area contributed by atoms with Crippen molar-refractivity contribution in [3.05, 3.63) is 146 Å². The number of hydrogen-bond donors (Lipinski definition) is 1. The number of benzene rings is 4. The van der Waals surface area contributed by atoms with E-state index in [0.29, 0.717) is 56.2 Å². The van der Waals surface area contributed by atoms with Crippen LogP contribution in [0.3, 0.4) is 0 Å². The van der Waals surface area contributed by atoms with E-state index in [1.54, 1.807) is 60.6 Å². The molecule has 8 rings (SSSR count). The van der Waals surface area contributed by atoms with E-state index < -0.39 is 28.5 Å². The summed E-state index contributed by atoms with van der Waals surface area (Å²) in [4.78, 5) is 21.0. The standard InChI is InChI=1S/C22H26ClN5O2S.C19H11Cl2F3N4O/c1-24-22(26-31(29,30)27-14-6-3-7-15-27)28-16-20(17-8-4-2-5-9-17)21(25-28)18-10-12-19(23)13-11-18;20-12-7-5-11(6-8-12)17-15-16(18(29)27(10-25-15)9-19(22,23)24)26-28(17)14-4-2-1-3-13(14)21/h2,4-5,8-13,20H,3,6-7,14-16H2,1H3,(H,24,26);1-8,10H,9H2/t20-;/m1./s1. The lowest BCUT2D eigenvalue weighted by molar-refractivity contribution is -0.141. The van der Waals surface area contributed by atoms with Crippen molar-refractivity contribution in [2.75, 3.05) is 26.7 Å². The molecular formula is C41H37Cl3F3N9O3S. The molecule has 0 radical (unpaired) electrons. The van der Waals surface area contributed by atoms with E-state index in [4.69, 9.17) is 39.9 Å². The van der Waals surface area contributed by atoms with Gasteiger partial charge in [-0.15, -0.1) is 0 Å². The highest BCUT2D eigenvalue weighted by molar-refractivity contribution is 7.87. The van der Waals surface area contributed by atoms with Crippen molar-refractivity contribution in [1.82, 2.24) is 33.4 Å². The molecule has 12 nitrogen and oxygen atoms in total. The molecule has 0 bridgehead atoms.